The number of carbonyl (C=O) groups is 2. The van der Waals surface area contributed by atoms with Crippen LogP contribution in [0.5, 0.6) is 0 Å². The maximum absolute atomic E-state index is 13.5. The average Bonchev–Trinajstić information content (AvgIpc) is 2.98. The molecule has 0 fully saturated rings. The van der Waals surface area contributed by atoms with Gasteiger partial charge in [0.1, 0.15) is 17.2 Å². The highest BCUT2D eigenvalue weighted by Crippen LogP contribution is 2.25. The number of rotatable bonds is 5. The minimum atomic E-state index is -0.912. The lowest BCUT2D eigenvalue weighted by Crippen LogP contribution is -2.22. The second-order valence-corrected chi connectivity index (χ2v) is 6.20. The van der Waals surface area contributed by atoms with Crippen molar-refractivity contribution in [3.63, 3.8) is 0 Å². The highest BCUT2D eigenvalue weighted by atomic mass is 19.1. The molecule has 0 aliphatic heterocycles. The predicted octanol–water partition coefficient (Wildman–Crippen LogP) is 4.05. The van der Waals surface area contributed by atoms with Crippen molar-refractivity contribution in [3.05, 3.63) is 64.9 Å². The van der Waals surface area contributed by atoms with Crippen molar-refractivity contribution in [3.8, 4) is 0 Å². The summed E-state index contributed by atoms with van der Waals surface area (Å²) in [5.74, 6) is -3.01. The molecule has 0 unspecified atom stereocenters. The second kappa shape index (κ2) is 7.57. The first-order chi connectivity index (χ1) is 12.8. The van der Waals surface area contributed by atoms with E-state index in [0.717, 1.165) is 28.6 Å². The number of nitrogens with one attached hydrogen (secondary N) is 1. The van der Waals surface area contributed by atoms with E-state index in [0.29, 0.717) is 17.2 Å². The molecular weight excluding hydrogens is 356 g/mol. The molecule has 140 valence electrons. The number of fused-ring (bicyclic) bond motifs is 1. The number of aryl methyl sites for hydroxylation is 2. The molecule has 1 aromatic heterocycles. The molecule has 0 spiro atoms. The number of hydrogen-bond donors (Lipinski definition) is 1. The molecule has 1 N–H and O–H groups in total. The maximum Gasteiger partial charge on any atom is 0.310 e. The van der Waals surface area contributed by atoms with Gasteiger partial charge >= 0.3 is 5.97 Å². The Bertz CT molecular complexity index is 1030. The van der Waals surface area contributed by atoms with Crippen LogP contribution in [-0.2, 0) is 20.7 Å². The fraction of sp³-hybridized carbons (Fsp3) is 0.200. The van der Waals surface area contributed by atoms with Crippen LogP contribution in [0, 0.1) is 25.5 Å². The molecule has 0 bridgehead atoms. The quantitative estimate of drug-likeness (QED) is 0.685. The van der Waals surface area contributed by atoms with Crippen LogP contribution in [0.4, 0.5) is 14.5 Å². The summed E-state index contributed by atoms with van der Waals surface area (Å²) in [6.07, 6.45) is 1.42. The molecule has 27 heavy (non-hydrogen) atoms. The Morgan fingerprint density at radius 1 is 1.11 bits per heavy atom. The lowest BCUT2D eigenvalue weighted by atomic mass is 10.0. The Balaban J connectivity index is 1.58. The molecule has 7 heteroatoms. The SMILES string of the molecule is Cc1cc2occ(CC(=O)OCC(=O)Nc3ccc(F)cc3F)c2cc1C. The molecule has 0 radical (unpaired) electrons. The summed E-state index contributed by atoms with van der Waals surface area (Å²) in [5, 5.41) is 3.03. The van der Waals surface area contributed by atoms with Crippen molar-refractivity contribution in [2.75, 3.05) is 11.9 Å². The summed E-state index contributed by atoms with van der Waals surface area (Å²) in [4.78, 5) is 23.8. The van der Waals surface area contributed by atoms with Gasteiger partial charge in [-0.25, -0.2) is 8.78 Å². The first-order valence-electron chi connectivity index (χ1n) is 8.21. The number of carbonyl (C=O) groups excluding carboxylic acids is 2. The van der Waals surface area contributed by atoms with Crippen LogP contribution in [0.1, 0.15) is 16.7 Å². The number of amides is 1. The first kappa shape index (κ1) is 18.6. The molecular formula is C20H17F2NO4. The first-order valence-corrected chi connectivity index (χ1v) is 8.21. The summed E-state index contributed by atoms with van der Waals surface area (Å²) >= 11 is 0. The van der Waals surface area contributed by atoms with Gasteiger partial charge in [0.25, 0.3) is 5.91 Å². The zero-order valence-electron chi connectivity index (χ0n) is 14.8. The number of anilines is 1. The molecule has 0 aliphatic rings. The van der Waals surface area contributed by atoms with Gasteiger partial charge < -0.3 is 14.5 Å². The second-order valence-electron chi connectivity index (χ2n) is 6.20. The number of benzene rings is 2. The van der Waals surface area contributed by atoms with Crippen LogP contribution >= 0.6 is 0 Å². The number of ether oxygens (including phenoxy) is 1. The fourth-order valence-corrected chi connectivity index (χ4v) is 2.60. The van der Waals surface area contributed by atoms with Crippen LogP contribution in [0.25, 0.3) is 11.0 Å². The van der Waals surface area contributed by atoms with E-state index >= 15 is 0 Å². The van der Waals surface area contributed by atoms with Crippen molar-refractivity contribution in [2.45, 2.75) is 20.3 Å². The van der Waals surface area contributed by atoms with E-state index in [1.807, 2.05) is 26.0 Å². The molecule has 3 rings (SSSR count). The van der Waals surface area contributed by atoms with Crippen molar-refractivity contribution in [1.29, 1.82) is 0 Å². The summed E-state index contributed by atoms with van der Waals surface area (Å²) in [6.45, 7) is 3.35. The Labute approximate surface area is 153 Å². The molecule has 0 atom stereocenters. The third-order valence-electron chi connectivity index (χ3n) is 4.17. The van der Waals surface area contributed by atoms with Crippen LogP contribution in [-0.4, -0.2) is 18.5 Å². The minimum Gasteiger partial charge on any atom is -0.464 e. The van der Waals surface area contributed by atoms with Gasteiger partial charge in [0.2, 0.25) is 0 Å². The monoisotopic (exact) mass is 373 g/mol. The van der Waals surface area contributed by atoms with Gasteiger partial charge in [-0.15, -0.1) is 0 Å². The van der Waals surface area contributed by atoms with E-state index in [-0.39, 0.29) is 12.1 Å². The van der Waals surface area contributed by atoms with Gasteiger partial charge in [-0.1, -0.05) is 0 Å². The lowest BCUT2D eigenvalue weighted by Gasteiger charge is -2.07. The predicted molar refractivity (Wildman–Crippen MR) is 95.3 cm³/mol. The molecule has 3 aromatic rings. The molecule has 5 nitrogen and oxygen atoms in total. The highest BCUT2D eigenvalue weighted by molar-refractivity contribution is 5.93. The topological polar surface area (TPSA) is 68.5 Å². The Hall–Kier alpha value is -3.22. The zero-order valence-corrected chi connectivity index (χ0v) is 14.8. The fourth-order valence-electron chi connectivity index (χ4n) is 2.60. The summed E-state index contributed by atoms with van der Waals surface area (Å²) in [7, 11) is 0. The van der Waals surface area contributed by atoms with Gasteiger partial charge in [0.05, 0.1) is 18.4 Å². The highest BCUT2D eigenvalue weighted by Gasteiger charge is 2.15. The molecule has 1 heterocycles. The maximum atomic E-state index is 13.5. The van der Waals surface area contributed by atoms with E-state index < -0.39 is 30.1 Å². The van der Waals surface area contributed by atoms with Crippen LogP contribution in [0.3, 0.4) is 0 Å². The third-order valence-corrected chi connectivity index (χ3v) is 4.17. The van der Waals surface area contributed by atoms with Crippen LogP contribution in [0.15, 0.2) is 41.0 Å². The number of halogens is 2. The van der Waals surface area contributed by atoms with E-state index in [2.05, 4.69) is 5.32 Å². The summed E-state index contributed by atoms with van der Waals surface area (Å²) in [6, 6.07) is 6.57. The van der Waals surface area contributed by atoms with Crippen molar-refractivity contribution < 1.29 is 27.5 Å². The zero-order chi connectivity index (χ0) is 19.6. The van der Waals surface area contributed by atoms with Gasteiger partial charge in [0, 0.05) is 17.0 Å². The van der Waals surface area contributed by atoms with E-state index in [9.17, 15) is 18.4 Å². The molecule has 0 aliphatic carbocycles. The van der Waals surface area contributed by atoms with E-state index in [1.165, 1.54) is 6.26 Å². The Morgan fingerprint density at radius 3 is 2.59 bits per heavy atom. The number of furan rings is 1. The van der Waals surface area contributed by atoms with Gasteiger partial charge in [-0.2, -0.15) is 0 Å². The molecule has 1 amide bonds. The van der Waals surface area contributed by atoms with E-state index in [1.54, 1.807) is 0 Å². The van der Waals surface area contributed by atoms with Crippen molar-refractivity contribution >= 4 is 28.5 Å². The standard InChI is InChI=1S/C20H17F2NO4/c1-11-5-15-13(9-26-18(15)6-12(11)2)7-20(25)27-10-19(24)23-17-4-3-14(21)8-16(17)22/h3-6,8-9H,7,10H2,1-2H3,(H,23,24). The van der Waals surface area contributed by atoms with Crippen molar-refractivity contribution in [2.24, 2.45) is 0 Å². The normalized spacial score (nSPS) is 10.8. The van der Waals surface area contributed by atoms with Gasteiger partial charge in [-0.3, -0.25) is 9.59 Å². The molecule has 0 saturated heterocycles. The van der Waals surface area contributed by atoms with Crippen LogP contribution < -0.4 is 5.32 Å². The molecule has 2 aromatic carbocycles. The smallest absolute Gasteiger partial charge is 0.310 e. The number of esters is 1. The summed E-state index contributed by atoms with van der Waals surface area (Å²) < 4.78 is 36.7. The van der Waals surface area contributed by atoms with Gasteiger partial charge in [-0.05, 0) is 49.2 Å². The average molecular weight is 373 g/mol. The largest absolute Gasteiger partial charge is 0.464 e. The Kier molecular flexibility index (Phi) is 5.21. The number of hydrogen-bond acceptors (Lipinski definition) is 4. The lowest BCUT2D eigenvalue weighted by molar-refractivity contribution is -0.146. The van der Waals surface area contributed by atoms with E-state index in [4.69, 9.17) is 9.15 Å². The minimum absolute atomic E-state index is 0.0618. The van der Waals surface area contributed by atoms with Crippen LogP contribution in [0.2, 0.25) is 0 Å². The molecule has 0 saturated carbocycles. The Morgan fingerprint density at radius 2 is 1.85 bits per heavy atom. The van der Waals surface area contributed by atoms with Crippen molar-refractivity contribution in [1.82, 2.24) is 0 Å². The third kappa shape index (κ3) is 4.31. The summed E-state index contributed by atoms with van der Waals surface area (Å²) in [5.41, 5.74) is 3.28. The van der Waals surface area contributed by atoms with Gasteiger partial charge in [0.15, 0.2) is 6.61 Å².